The zero-order valence-corrected chi connectivity index (χ0v) is 15.8. The van der Waals surface area contributed by atoms with Gasteiger partial charge < -0.3 is 9.80 Å². The maximum atomic E-state index is 12.8. The summed E-state index contributed by atoms with van der Waals surface area (Å²) in [4.78, 5) is 17.5. The molecule has 0 saturated carbocycles. The van der Waals surface area contributed by atoms with E-state index in [4.69, 9.17) is 0 Å². The van der Waals surface area contributed by atoms with Crippen LogP contribution >= 0.6 is 0 Å². The lowest BCUT2D eigenvalue weighted by Crippen LogP contribution is -2.47. The molecule has 25 heavy (non-hydrogen) atoms. The molecule has 1 aromatic heterocycles. The normalized spacial score (nSPS) is 23.1. The van der Waals surface area contributed by atoms with E-state index in [1.165, 1.54) is 45.1 Å². The van der Waals surface area contributed by atoms with E-state index in [0.717, 1.165) is 45.1 Å². The van der Waals surface area contributed by atoms with E-state index in [1.54, 1.807) is 0 Å². The molecule has 0 radical (unpaired) electrons. The summed E-state index contributed by atoms with van der Waals surface area (Å²) >= 11 is 0. The molecule has 1 atom stereocenters. The minimum atomic E-state index is 0.242. The van der Waals surface area contributed by atoms with E-state index in [-0.39, 0.29) is 5.92 Å². The van der Waals surface area contributed by atoms with Crippen LogP contribution in [0.25, 0.3) is 0 Å². The molecule has 0 aliphatic carbocycles. The number of likely N-dealkylation sites (tertiary alicyclic amines) is 2. The first-order chi connectivity index (χ1) is 12.2. The van der Waals surface area contributed by atoms with Crippen LogP contribution in [0.5, 0.6) is 0 Å². The Morgan fingerprint density at radius 3 is 2.64 bits per heavy atom. The van der Waals surface area contributed by atoms with Crippen LogP contribution in [0, 0.1) is 11.8 Å². The molecule has 2 saturated heterocycles. The molecular formula is C20H34N4O. The van der Waals surface area contributed by atoms with Gasteiger partial charge in [0.15, 0.2) is 0 Å². The van der Waals surface area contributed by atoms with Crippen molar-refractivity contribution < 1.29 is 4.79 Å². The third-order valence-electron chi connectivity index (χ3n) is 5.87. The number of unbranched alkanes of at least 4 members (excludes halogenated alkanes) is 2. The van der Waals surface area contributed by atoms with Crippen LogP contribution < -0.4 is 0 Å². The predicted molar refractivity (Wildman–Crippen MR) is 100 cm³/mol. The van der Waals surface area contributed by atoms with Gasteiger partial charge >= 0.3 is 0 Å². The number of rotatable bonds is 7. The molecule has 5 nitrogen and oxygen atoms in total. The average Bonchev–Trinajstić information content (AvgIpc) is 3.15. The summed E-state index contributed by atoms with van der Waals surface area (Å²) in [6, 6.07) is 1.98. The molecule has 5 heteroatoms. The van der Waals surface area contributed by atoms with Gasteiger partial charge in [-0.1, -0.05) is 13.3 Å². The van der Waals surface area contributed by atoms with E-state index in [9.17, 15) is 4.79 Å². The summed E-state index contributed by atoms with van der Waals surface area (Å²) in [7, 11) is 0. The highest BCUT2D eigenvalue weighted by Gasteiger charge is 2.30. The van der Waals surface area contributed by atoms with Crippen LogP contribution in [0.2, 0.25) is 0 Å². The van der Waals surface area contributed by atoms with Gasteiger partial charge in [-0.3, -0.25) is 9.48 Å². The van der Waals surface area contributed by atoms with Gasteiger partial charge in [-0.15, -0.1) is 0 Å². The number of aryl methyl sites for hydroxylation is 1. The van der Waals surface area contributed by atoms with Crippen LogP contribution in [-0.2, 0) is 11.3 Å². The maximum absolute atomic E-state index is 12.8. The van der Waals surface area contributed by atoms with Gasteiger partial charge in [0.1, 0.15) is 0 Å². The number of hydrogen-bond acceptors (Lipinski definition) is 3. The fourth-order valence-electron chi connectivity index (χ4n) is 4.17. The van der Waals surface area contributed by atoms with Crippen molar-refractivity contribution in [1.29, 1.82) is 0 Å². The smallest absolute Gasteiger partial charge is 0.226 e. The van der Waals surface area contributed by atoms with E-state index in [2.05, 4.69) is 21.8 Å². The van der Waals surface area contributed by atoms with Crippen LogP contribution in [0.1, 0.15) is 51.9 Å². The lowest BCUT2D eigenvalue weighted by molar-refractivity contribution is -0.138. The number of piperidine rings is 2. The van der Waals surface area contributed by atoms with Crippen molar-refractivity contribution in [3.05, 3.63) is 18.5 Å². The van der Waals surface area contributed by atoms with Gasteiger partial charge in [-0.25, -0.2) is 0 Å². The van der Waals surface area contributed by atoms with Crippen LogP contribution in [-0.4, -0.2) is 58.2 Å². The lowest BCUT2D eigenvalue weighted by Gasteiger charge is -2.37. The Balaban J connectivity index is 1.34. The highest BCUT2D eigenvalue weighted by atomic mass is 16.2. The average molecular weight is 347 g/mol. The molecule has 2 fully saturated rings. The Bertz CT molecular complexity index is 508. The summed E-state index contributed by atoms with van der Waals surface area (Å²) in [5.41, 5.74) is 0. The first kappa shape index (κ1) is 18.4. The number of hydrogen-bond donors (Lipinski definition) is 0. The zero-order valence-electron chi connectivity index (χ0n) is 15.8. The van der Waals surface area contributed by atoms with Crippen molar-refractivity contribution in [3.8, 4) is 0 Å². The highest BCUT2D eigenvalue weighted by molar-refractivity contribution is 5.79. The van der Waals surface area contributed by atoms with Crippen LogP contribution in [0.3, 0.4) is 0 Å². The van der Waals surface area contributed by atoms with Crippen molar-refractivity contribution >= 4 is 5.91 Å². The van der Waals surface area contributed by atoms with E-state index in [1.807, 2.05) is 23.1 Å². The molecule has 3 rings (SSSR count). The Labute approximate surface area is 152 Å². The molecule has 3 heterocycles. The third-order valence-corrected chi connectivity index (χ3v) is 5.87. The predicted octanol–water partition coefficient (Wildman–Crippen LogP) is 3.02. The fraction of sp³-hybridized carbons (Fsp3) is 0.800. The second kappa shape index (κ2) is 9.37. The van der Waals surface area contributed by atoms with Gasteiger partial charge in [0.25, 0.3) is 0 Å². The molecule has 2 aliphatic rings. The standard InChI is InChI=1S/C20H34N4O/c1-18-8-15-23(16-9-18)20(25)19-7-5-12-22(17-19)11-3-2-4-13-24-14-6-10-21-24/h6,10,14,18-19H,2-5,7-9,11-13,15-17H2,1H3/t19-/m1/s1. The summed E-state index contributed by atoms with van der Waals surface area (Å²) < 4.78 is 2.01. The maximum Gasteiger partial charge on any atom is 0.226 e. The van der Waals surface area contributed by atoms with Crippen molar-refractivity contribution in [3.63, 3.8) is 0 Å². The SMILES string of the molecule is CC1CCN(C(=O)[C@@H]2CCCN(CCCCCn3cccn3)C2)CC1. The Kier molecular flexibility index (Phi) is 6.91. The first-order valence-corrected chi connectivity index (χ1v) is 10.2. The van der Waals surface area contributed by atoms with Crippen molar-refractivity contribution in [2.24, 2.45) is 11.8 Å². The number of aromatic nitrogens is 2. The van der Waals surface area contributed by atoms with Gasteiger partial charge in [0.05, 0.1) is 5.92 Å². The second-order valence-corrected chi connectivity index (χ2v) is 7.98. The largest absolute Gasteiger partial charge is 0.342 e. The van der Waals surface area contributed by atoms with Gasteiger partial charge in [-0.05, 0) is 63.6 Å². The Hall–Kier alpha value is -1.36. The molecule has 140 valence electrons. The summed E-state index contributed by atoms with van der Waals surface area (Å²) in [6.07, 6.45) is 12.1. The number of amides is 1. The molecule has 0 N–H and O–H groups in total. The molecule has 0 bridgehead atoms. The quantitative estimate of drug-likeness (QED) is 0.713. The number of carbonyl (C=O) groups is 1. The van der Waals surface area contributed by atoms with E-state index >= 15 is 0 Å². The molecule has 0 unspecified atom stereocenters. The monoisotopic (exact) mass is 346 g/mol. The second-order valence-electron chi connectivity index (χ2n) is 7.98. The topological polar surface area (TPSA) is 41.4 Å². The van der Waals surface area contributed by atoms with Gasteiger partial charge in [0.2, 0.25) is 5.91 Å². The Morgan fingerprint density at radius 2 is 1.88 bits per heavy atom. The van der Waals surface area contributed by atoms with Crippen molar-refractivity contribution in [1.82, 2.24) is 19.6 Å². The van der Waals surface area contributed by atoms with Gasteiger partial charge in [0, 0.05) is 38.6 Å². The van der Waals surface area contributed by atoms with E-state index < -0.39 is 0 Å². The molecular weight excluding hydrogens is 312 g/mol. The zero-order chi connectivity index (χ0) is 17.5. The molecule has 0 spiro atoms. The van der Waals surface area contributed by atoms with Crippen LogP contribution in [0.4, 0.5) is 0 Å². The van der Waals surface area contributed by atoms with Crippen LogP contribution in [0.15, 0.2) is 18.5 Å². The van der Waals surface area contributed by atoms with E-state index in [0.29, 0.717) is 5.91 Å². The highest BCUT2D eigenvalue weighted by Crippen LogP contribution is 2.23. The van der Waals surface area contributed by atoms with Crippen molar-refractivity contribution in [2.75, 3.05) is 32.7 Å². The molecule has 1 amide bonds. The van der Waals surface area contributed by atoms with Gasteiger partial charge in [-0.2, -0.15) is 5.10 Å². The third kappa shape index (κ3) is 5.56. The summed E-state index contributed by atoms with van der Waals surface area (Å²) in [5, 5.41) is 4.25. The molecule has 1 aromatic rings. The minimum absolute atomic E-state index is 0.242. The summed E-state index contributed by atoms with van der Waals surface area (Å²) in [6.45, 7) is 8.55. The first-order valence-electron chi connectivity index (χ1n) is 10.2. The molecule has 2 aliphatic heterocycles. The van der Waals surface area contributed by atoms with Crippen molar-refractivity contribution in [2.45, 2.75) is 58.4 Å². The Morgan fingerprint density at radius 1 is 1.08 bits per heavy atom. The summed E-state index contributed by atoms with van der Waals surface area (Å²) in [5.74, 6) is 1.45. The minimum Gasteiger partial charge on any atom is -0.342 e. The number of nitrogens with zero attached hydrogens (tertiary/aromatic N) is 4. The number of carbonyl (C=O) groups excluding carboxylic acids is 1. The molecule has 0 aromatic carbocycles. The lowest BCUT2D eigenvalue weighted by atomic mass is 9.93. The fourth-order valence-corrected chi connectivity index (χ4v) is 4.17.